The summed E-state index contributed by atoms with van der Waals surface area (Å²) in [7, 11) is -2.82. The van der Waals surface area contributed by atoms with Gasteiger partial charge in [-0.2, -0.15) is 0 Å². The summed E-state index contributed by atoms with van der Waals surface area (Å²) in [6.45, 7) is 0.746. The predicted molar refractivity (Wildman–Crippen MR) is 50.4 cm³/mol. The summed E-state index contributed by atoms with van der Waals surface area (Å²) in [6, 6.07) is 0. The first-order valence-electron chi connectivity index (χ1n) is 4.96. The first-order chi connectivity index (χ1) is 6.12. The second-order valence-corrected chi connectivity index (χ2v) is 6.37. The molecule has 0 saturated carbocycles. The van der Waals surface area contributed by atoms with Crippen LogP contribution in [0, 0.1) is 0 Å². The maximum Gasteiger partial charge on any atom is 0.153 e. The Bertz CT molecular complexity index is 270. The van der Waals surface area contributed by atoms with Crippen LogP contribution in [0.1, 0.15) is 32.1 Å². The average Bonchev–Trinajstić information content (AvgIpc) is 2.03. The molecule has 0 aromatic heterocycles. The lowest BCUT2D eigenvalue weighted by Gasteiger charge is -2.39. The summed E-state index contributed by atoms with van der Waals surface area (Å²) in [5.41, 5.74) is -0.296. The van der Waals surface area contributed by atoms with Gasteiger partial charge in [-0.3, -0.25) is 0 Å². The van der Waals surface area contributed by atoms with Crippen molar-refractivity contribution in [2.75, 3.05) is 18.1 Å². The highest BCUT2D eigenvalue weighted by Crippen LogP contribution is 2.34. The molecule has 2 aliphatic rings. The summed E-state index contributed by atoms with van der Waals surface area (Å²) < 4.78 is 28.6. The van der Waals surface area contributed by atoms with Gasteiger partial charge in [0.25, 0.3) is 0 Å². The van der Waals surface area contributed by atoms with E-state index in [4.69, 9.17) is 4.74 Å². The smallest absolute Gasteiger partial charge is 0.153 e. The lowest BCUT2D eigenvalue weighted by molar-refractivity contribution is -0.0697. The molecule has 4 heteroatoms. The number of sulfone groups is 1. The van der Waals surface area contributed by atoms with Crippen molar-refractivity contribution < 1.29 is 13.2 Å². The molecule has 76 valence electrons. The minimum absolute atomic E-state index is 0.264. The quantitative estimate of drug-likeness (QED) is 0.594. The average molecular weight is 204 g/mol. The van der Waals surface area contributed by atoms with Gasteiger partial charge in [-0.1, -0.05) is 0 Å². The van der Waals surface area contributed by atoms with E-state index < -0.39 is 9.84 Å². The standard InChI is InChI=1S/C9H16O3S/c10-13(11)7-3-5-9(8-13)4-1-2-6-12-9/h1-8H2. The molecule has 0 radical (unpaired) electrons. The third kappa shape index (κ3) is 2.05. The Morgan fingerprint density at radius 3 is 2.46 bits per heavy atom. The molecule has 1 unspecified atom stereocenters. The number of ether oxygens (including phenoxy) is 1. The van der Waals surface area contributed by atoms with E-state index in [-0.39, 0.29) is 11.4 Å². The van der Waals surface area contributed by atoms with Crippen LogP contribution in [0.5, 0.6) is 0 Å². The molecule has 0 aromatic rings. The Kier molecular flexibility index (Phi) is 2.36. The van der Waals surface area contributed by atoms with E-state index in [0.717, 1.165) is 38.7 Å². The Balaban J connectivity index is 2.13. The zero-order valence-corrected chi connectivity index (χ0v) is 8.61. The van der Waals surface area contributed by atoms with Crippen molar-refractivity contribution in [2.45, 2.75) is 37.7 Å². The highest BCUT2D eigenvalue weighted by Gasteiger charge is 2.40. The monoisotopic (exact) mass is 204 g/mol. The Hall–Kier alpha value is -0.0900. The Morgan fingerprint density at radius 2 is 1.85 bits per heavy atom. The van der Waals surface area contributed by atoms with Crippen LogP contribution in [0.2, 0.25) is 0 Å². The van der Waals surface area contributed by atoms with E-state index in [0.29, 0.717) is 5.75 Å². The van der Waals surface area contributed by atoms with E-state index in [1.54, 1.807) is 0 Å². The van der Waals surface area contributed by atoms with Crippen LogP contribution >= 0.6 is 0 Å². The van der Waals surface area contributed by atoms with Crippen molar-refractivity contribution in [3.8, 4) is 0 Å². The third-order valence-electron chi connectivity index (χ3n) is 3.01. The van der Waals surface area contributed by atoms with Crippen LogP contribution < -0.4 is 0 Å². The number of rotatable bonds is 0. The highest BCUT2D eigenvalue weighted by molar-refractivity contribution is 7.91. The fourth-order valence-corrected chi connectivity index (χ4v) is 4.28. The zero-order chi connectivity index (χ0) is 9.36. The second-order valence-electron chi connectivity index (χ2n) is 4.18. The minimum Gasteiger partial charge on any atom is -0.374 e. The molecule has 1 spiro atoms. The molecule has 0 aromatic carbocycles. The lowest BCUT2D eigenvalue weighted by Crippen LogP contribution is -2.46. The Labute approximate surface area is 79.4 Å². The molecule has 0 aliphatic carbocycles. The van der Waals surface area contributed by atoms with Crippen LogP contribution in [0.25, 0.3) is 0 Å². The molecule has 0 amide bonds. The van der Waals surface area contributed by atoms with Crippen LogP contribution in [-0.4, -0.2) is 32.1 Å². The van der Waals surface area contributed by atoms with E-state index >= 15 is 0 Å². The third-order valence-corrected chi connectivity index (χ3v) is 4.88. The van der Waals surface area contributed by atoms with Gasteiger partial charge in [-0.15, -0.1) is 0 Å². The molecule has 0 N–H and O–H groups in total. The van der Waals surface area contributed by atoms with Gasteiger partial charge in [-0.25, -0.2) is 8.42 Å². The summed E-state index contributed by atoms with van der Waals surface area (Å²) in [5, 5.41) is 0. The fourth-order valence-electron chi connectivity index (χ4n) is 2.38. The van der Waals surface area contributed by atoms with Crippen molar-refractivity contribution in [3.63, 3.8) is 0 Å². The minimum atomic E-state index is -2.82. The molecular weight excluding hydrogens is 188 g/mol. The molecule has 2 aliphatic heterocycles. The maximum atomic E-state index is 11.4. The molecule has 2 rings (SSSR count). The first-order valence-corrected chi connectivity index (χ1v) is 6.79. The molecule has 3 nitrogen and oxygen atoms in total. The normalized spacial score (nSPS) is 39.1. The van der Waals surface area contributed by atoms with Crippen molar-refractivity contribution in [1.82, 2.24) is 0 Å². The number of hydrogen-bond acceptors (Lipinski definition) is 3. The van der Waals surface area contributed by atoms with Gasteiger partial charge >= 0.3 is 0 Å². The van der Waals surface area contributed by atoms with E-state index in [1.807, 2.05) is 0 Å². The van der Waals surface area contributed by atoms with Gasteiger partial charge in [0.05, 0.1) is 17.1 Å². The molecule has 13 heavy (non-hydrogen) atoms. The van der Waals surface area contributed by atoms with Gasteiger partial charge in [0, 0.05) is 6.61 Å². The predicted octanol–water partition coefficient (Wildman–Crippen LogP) is 1.13. The summed E-state index contributed by atoms with van der Waals surface area (Å²) in [4.78, 5) is 0. The van der Waals surface area contributed by atoms with Crippen LogP contribution in [0.15, 0.2) is 0 Å². The summed E-state index contributed by atoms with van der Waals surface area (Å²) >= 11 is 0. The van der Waals surface area contributed by atoms with Gasteiger partial charge in [-0.05, 0) is 32.1 Å². The molecule has 2 saturated heterocycles. The summed E-state index contributed by atoms with van der Waals surface area (Å²) in [5.74, 6) is 0.623. The zero-order valence-electron chi connectivity index (χ0n) is 7.79. The molecular formula is C9H16O3S. The van der Waals surface area contributed by atoms with Crippen LogP contribution in [0.3, 0.4) is 0 Å². The first kappa shape index (κ1) is 9.46. The molecule has 1 atom stereocenters. The van der Waals surface area contributed by atoms with Crippen LogP contribution in [-0.2, 0) is 14.6 Å². The SMILES string of the molecule is O=S1(=O)CCCC2(CCCCO2)C1. The maximum absolute atomic E-state index is 11.4. The molecule has 2 heterocycles. The summed E-state index contributed by atoms with van der Waals surface area (Å²) in [6.07, 6.45) is 4.86. The Morgan fingerprint density at radius 1 is 1.08 bits per heavy atom. The van der Waals surface area contributed by atoms with E-state index in [1.165, 1.54) is 0 Å². The second kappa shape index (κ2) is 3.24. The largest absolute Gasteiger partial charge is 0.374 e. The van der Waals surface area contributed by atoms with Crippen molar-refractivity contribution in [2.24, 2.45) is 0 Å². The van der Waals surface area contributed by atoms with Gasteiger partial charge in [0.1, 0.15) is 0 Å². The van der Waals surface area contributed by atoms with Crippen molar-refractivity contribution in [1.29, 1.82) is 0 Å². The highest BCUT2D eigenvalue weighted by atomic mass is 32.2. The van der Waals surface area contributed by atoms with E-state index in [2.05, 4.69) is 0 Å². The van der Waals surface area contributed by atoms with Crippen LogP contribution in [0.4, 0.5) is 0 Å². The van der Waals surface area contributed by atoms with Crippen molar-refractivity contribution >= 4 is 9.84 Å². The fraction of sp³-hybridized carbons (Fsp3) is 1.00. The topological polar surface area (TPSA) is 43.4 Å². The number of hydrogen-bond donors (Lipinski definition) is 0. The van der Waals surface area contributed by atoms with Gasteiger partial charge < -0.3 is 4.74 Å². The van der Waals surface area contributed by atoms with Gasteiger partial charge in [0.15, 0.2) is 9.84 Å². The molecule has 0 bridgehead atoms. The van der Waals surface area contributed by atoms with E-state index in [9.17, 15) is 8.42 Å². The lowest BCUT2D eigenvalue weighted by atomic mass is 9.91. The van der Waals surface area contributed by atoms with Gasteiger partial charge in [0.2, 0.25) is 0 Å². The van der Waals surface area contributed by atoms with Crippen molar-refractivity contribution in [3.05, 3.63) is 0 Å². The molecule has 2 fully saturated rings.